The lowest BCUT2D eigenvalue weighted by molar-refractivity contribution is 0.336. The van der Waals surface area contributed by atoms with Crippen LogP contribution >= 0.6 is 11.3 Å². The Hall–Kier alpha value is -1.01. The zero-order valence-electron chi connectivity index (χ0n) is 8.60. The van der Waals surface area contributed by atoms with Crippen LogP contribution in [0.25, 0.3) is 4.96 Å². The third kappa shape index (κ3) is 1.44. The lowest BCUT2D eigenvalue weighted by Gasteiger charge is -2.31. The van der Waals surface area contributed by atoms with Gasteiger partial charge >= 0.3 is 0 Å². The van der Waals surface area contributed by atoms with Gasteiger partial charge in [-0.2, -0.15) is 9.61 Å². The van der Waals surface area contributed by atoms with Crippen LogP contribution in [0, 0.1) is 0 Å². The number of piperidine rings is 1. The van der Waals surface area contributed by atoms with Gasteiger partial charge in [-0.15, -0.1) is 10.2 Å². The summed E-state index contributed by atoms with van der Waals surface area (Å²) < 4.78 is 1.76. The number of aromatic nitrogens is 4. The number of nitrogens with zero attached hydrogens (tertiary/aromatic N) is 4. The van der Waals surface area contributed by atoms with Crippen molar-refractivity contribution in [3.63, 3.8) is 0 Å². The van der Waals surface area contributed by atoms with E-state index >= 15 is 0 Å². The van der Waals surface area contributed by atoms with E-state index in [4.69, 9.17) is 0 Å². The number of nitrogens with one attached hydrogen (secondary N) is 1. The molecule has 3 heterocycles. The van der Waals surface area contributed by atoms with Gasteiger partial charge in [0.25, 0.3) is 0 Å². The molecule has 6 heteroatoms. The average molecular weight is 223 g/mol. The molecule has 5 nitrogen and oxygen atoms in total. The van der Waals surface area contributed by atoms with E-state index in [1.54, 1.807) is 22.2 Å². The first-order chi connectivity index (χ1) is 7.28. The standard InChI is InChI=1S/C9H13N5S/c1-9(3-2-4-10-5-9)7-13-14-6-11-12-8(14)15-7/h6,10H,2-5H2,1H3. The lowest BCUT2D eigenvalue weighted by Crippen LogP contribution is -2.41. The van der Waals surface area contributed by atoms with Crippen molar-refractivity contribution in [3.8, 4) is 0 Å². The van der Waals surface area contributed by atoms with Crippen LogP contribution in [0.4, 0.5) is 0 Å². The van der Waals surface area contributed by atoms with Gasteiger partial charge in [0.1, 0.15) is 11.3 Å². The first-order valence-corrected chi connectivity index (χ1v) is 5.98. The Morgan fingerprint density at radius 1 is 1.60 bits per heavy atom. The maximum Gasteiger partial charge on any atom is 0.234 e. The molecule has 0 amide bonds. The molecule has 2 aromatic rings. The second-order valence-corrected chi connectivity index (χ2v) is 5.26. The number of hydrogen-bond acceptors (Lipinski definition) is 5. The van der Waals surface area contributed by atoms with Crippen molar-refractivity contribution in [3.05, 3.63) is 11.3 Å². The van der Waals surface area contributed by atoms with Gasteiger partial charge in [-0.1, -0.05) is 18.3 Å². The third-order valence-corrected chi connectivity index (χ3v) is 4.22. The first kappa shape index (κ1) is 9.23. The SMILES string of the molecule is CC1(c2nn3cnnc3s2)CCCNC1. The van der Waals surface area contributed by atoms with E-state index in [-0.39, 0.29) is 5.41 Å². The van der Waals surface area contributed by atoms with E-state index in [2.05, 4.69) is 27.5 Å². The summed E-state index contributed by atoms with van der Waals surface area (Å²) in [6, 6.07) is 0. The number of fused-ring (bicyclic) bond motifs is 1. The molecule has 15 heavy (non-hydrogen) atoms. The zero-order valence-corrected chi connectivity index (χ0v) is 9.42. The Kier molecular flexibility index (Phi) is 2.00. The van der Waals surface area contributed by atoms with Crippen molar-refractivity contribution < 1.29 is 0 Å². The summed E-state index contributed by atoms with van der Waals surface area (Å²) in [6.45, 7) is 4.40. The highest BCUT2D eigenvalue weighted by atomic mass is 32.1. The van der Waals surface area contributed by atoms with Crippen LogP contribution in [-0.4, -0.2) is 32.9 Å². The number of rotatable bonds is 1. The summed E-state index contributed by atoms with van der Waals surface area (Å²) in [4.78, 5) is 0.886. The molecule has 2 aromatic heterocycles. The normalized spacial score (nSPS) is 27.3. The van der Waals surface area contributed by atoms with Crippen LogP contribution in [0.5, 0.6) is 0 Å². The molecule has 1 saturated heterocycles. The Bertz CT molecular complexity index is 439. The summed E-state index contributed by atoms with van der Waals surface area (Å²) in [6.07, 6.45) is 4.08. The van der Waals surface area contributed by atoms with Gasteiger partial charge in [0.2, 0.25) is 4.96 Å². The highest BCUT2D eigenvalue weighted by Crippen LogP contribution is 2.32. The van der Waals surface area contributed by atoms with Gasteiger partial charge in [-0.3, -0.25) is 0 Å². The quantitative estimate of drug-likeness (QED) is 0.778. The van der Waals surface area contributed by atoms with Crippen molar-refractivity contribution in [2.45, 2.75) is 25.2 Å². The Labute approximate surface area is 91.5 Å². The summed E-state index contributed by atoms with van der Waals surface area (Å²) in [7, 11) is 0. The highest BCUT2D eigenvalue weighted by Gasteiger charge is 2.32. The van der Waals surface area contributed by atoms with Crippen molar-refractivity contribution in [1.82, 2.24) is 25.1 Å². The fourth-order valence-corrected chi connectivity index (χ4v) is 3.03. The molecule has 0 radical (unpaired) electrons. The minimum atomic E-state index is 0.170. The Morgan fingerprint density at radius 3 is 3.27 bits per heavy atom. The van der Waals surface area contributed by atoms with Gasteiger partial charge in [0, 0.05) is 12.0 Å². The van der Waals surface area contributed by atoms with Gasteiger partial charge in [0.15, 0.2) is 0 Å². The summed E-state index contributed by atoms with van der Waals surface area (Å²) in [5, 5.41) is 17.0. The predicted octanol–water partition coefficient (Wildman–Crippen LogP) is 0.827. The van der Waals surface area contributed by atoms with Crippen molar-refractivity contribution in [1.29, 1.82) is 0 Å². The van der Waals surface area contributed by atoms with Crippen LogP contribution in [0.1, 0.15) is 24.8 Å². The van der Waals surface area contributed by atoms with Crippen molar-refractivity contribution >= 4 is 16.3 Å². The van der Waals surface area contributed by atoms with E-state index in [1.807, 2.05) is 0 Å². The topological polar surface area (TPSA) is 55.1 Å². The molecule has 80 valence electrons. The van der Waals surface area contributed by atoms with Gasteiger partial charge in [-0.05, 0) is 19.4 Å². The average Bonchev–Trinajstić information content (AvgIpc) is 2.77. The van der Waals surface area contributed by atoms with Crippen LogP contribution in [0.3, 0.4) is 0 Å². The minimum Gasteiger partial charge on any atom is -0.316 e. The Morgan fingerprint density at radius 2 is 2.53 bits per heavy atom. The zero-order chi connectivity index (χ0) is 10.3. The maximum absolute atomic E-state index is 4.54. The second-order valence-electron chi connectivity index (χ2n) is 4.31. The minimum absolute atomic E-state index is 0.170. The molecule has 1 fully saturated rings. The third-order valence-electron chi connectivity index (χ3n) is 3.00. The monoisotopic (exact) mass is 223 g/mol. The maximum atomic E-state index is 4.54. The summed E-state index contributed by atoms with van der Waals surface area (Å²) in [5.74, 6) is 0. The summed E-state index contributed by atoms with van der Waals surface area (Å²) in [5.41, 5.74) is 0.170. The molecule has 0 aliphatic carbocycles. The molecule has 0 bridgehead atoms. The molecule has 0 aromatic carbocycles. The van der Waals surface area contributed by atoms with Gasteiger partial charge in [-0.25, -0.2) is 0 Å². The molecule has 1 atom stereocenters. The van der Waals surface area contributed by atoms with Gasteiger partial charge < -0.3 is 5.32 Å². The molecule has 1 unspecified atom stereocenters. The van der Waals surface area contributed by atoms with E-state index in [9.17, 15) is 0 Å². The van der Waals surface area contributed by atoms with Crippen molar-refractivity contribution in [2.75, 3.05) is 13.1 Å². The molecule has 0 spiro atoms. The number of hydrogen-bond donors (Lipinski definition) is 1. The van der Waals surface area contributed by atoms with Gasteiger partial charge in [0.05, 0.1) is 0 Å². The fraction of sp³-hybridized carbons (Fsp3) is 0.667. The second kappa shape index (κ2) is 3.24. The molecule has 0 saturated carbocycles. The largest absolute Gasteiger partial charge is 0.316 e. The molecular formula is C9H13N5S. The first-order valence-electron chi connectivity index (χ1n) is 5.16. The fourth-order valence-electron chi connectivity index (χ4n) is 2.04. The predicted molar refractivity (Wildman–Crippen MR) is 58.1 cm³/mol. The molecule has 3 rings (SSSR count). The van der Waals surface area contributed by atoms with E-state index in [0.29, 0.717) is 0 Å². The Balaban J connectivity index is 2.01. The molecular weight excluding hydrogens is 210 g/mol. The van der Waals surface area contributed by atoms with E-state index in [1.165, 1.54) is 17.8 Å². The lowest BCUT2D eigenvalue weighted by atomic mass is 9.84. The highest BCUT2D eigenvalue weighted by molar-refractivity contribution is 7.16. The van der Waals surface area contributed by atoms with E-state index in [0.717, 1.165) is 18.1 Å². The van der Waals surface area contributed by atoms with Crippen LogP contribution < -0.4 is 5.32 Å². The molecule has 1 N–H and O–H groups in total. The van der Waals surface area contributed by atoms with Crippen LogP contribution in [0.15, 0.2) is 6.33 Å². The molecule has 1 aliphatic heterocycles. The molecule has 1 aliphatic rings. The smallest absolute Gasteiger partial charge is 0.234 e. The van der Waals surface area contributed by atoms with Crippen LogP contribution in [0.2, 0.25) is 0 Å². The van der Waals surface area contributed by atoms with Crippen molar-refractivity contribution in [2.24, 2.45) is 0 Å². The van der Waals surface area contributed by atoms with Crippen LogP contribution in [-0.2, 0) is 5.41 Å². The summed E-state index contributed by atoms with van der Waals surface area (Å²) >= 11 is 1.65. The van der Waals surface area contributed by atoms with E-state index < -0.39 is 0 Å².